The van der Waals surface area contributed by atoms with Crippen LogP contribution in [0.2, 0.25) is 0 Å². The fraction of sp³-hybridized carbons (Fsp3) is 0.562. The summed E-state index contributed by atoms with van der Waals surface area (Å²) in [5.41, 5.74) is 11.3. The number of nitrogens with two attached hydrogens (primary N) is 1. The molecule has 440 valence electrons. The fourth-order valence-electron chi connectivity index (χ4n) is 9.23. The Morgan fingerprint density at radius 2 is 1.17 bits per heavy atom. The number of hydrogen-bond acceptors (Lipinski definition) is 13. The Labute approximate surface area is 498 Å². The van der Waals surface area contributed by atoms with Gasteiger partial charge in [-0.25, -0.2) is 9.97 Å². The quantitative estimate of drug-likeness (QED) is 0.0374. The van der Waals surface area contributed by atoms with Gasteiger partial charge in [0.15, 0.2) is 22.1 Å². The maximum Gasteiger partial charge on any atom is 0.494 e. The molecular formula is C64H91BIN7O8. The molecule has 3 fully saturated rings. The van der Waals surface area contributed by atoms with Crippen molar-refractivity contribution in [2.45, 2.75) is 215 Å². The molecule has 7 heterocycles. The van der Waals surface area contributed by atoms with Gasteiger partial charge in [-0.05, 0) is 141 Å². The molecule has 0 spiro atoms. The molecule has 3 saturated heterocycles. The van der Waals surface area contributed by atoms with Gasteiger partial charge in [-0.1, -0.05) is 101 Å². The summed E-state index contributed by atoms with van der Waals surface area (Å²) in [6.07, 6.45) is 20.5. The van der Waals surface area contributed by atoms with E-state index in [0.717, 1.165) is 133 Å². The van der Waals surface area contributed by atoms with Crippen LogP contribution in [0.5, 0.6) is 0 Å². The van der Waals surface area contributed by atoms with E-state index in [0.29, 0.717) is 12.3 Å². The third-order valence-corrected chi connectivity index (χ3v) is 15.0. The Balaban J connectivity index is 0.000000226. The maximum atomic E-state index is 6.17. The molecule has 9 rings (SSSR count). The number of hydrogen-bond donors (Lipinski definition) is 1. The van der Waals surface area contributed by atoms with Crippen LogP contribution in [0, 0.1) is 27.4 Å². The number of halogens is 1. The van der Waals surface area contributed by atoms with Gasteiger partial charge in [0.2, 0.25) is 0 Å². The van der Waals surface area contributed by atoms with Crippen molar-refractivity contribution in [1.29, 1.82) is 0 Å². The molecule has 2 N–H and O–H groups in total. The van der Waals surface area contributed by atoms with E-state index in [1.807, 2.05) is 112 Å². The highest BCUT2D eigenvalue weighted by Gasteiger charge is 2.51. The van der Waals surface area contributed by atoms with Gasteiger partial charge in [0.1, 0.15) is 35.2 Å². The zero-order chi connectivity index (χ0) is 57.5. The topological polar surface area (TPSA) is 169 Å². The smallest absolute Gasteiger partial charge is 0.399 e. The molecule has 0 bridgehead atoms. The minimum Gasteiger partial charge on any atom is -0.399 e. The van der Waals surface area contributed by atoms with E-state index in [9.17, 15) is 0 Å². The number of rotatable bonds is 18. The number of unbranched alkanes of at least 4 members (excludes halogenated alkanes) is 4. The van der Waals surface area contributed by atoms with E-state index in [1.54, 1.807) is 6.20 Å². The van der Waals surface area contributed by atoms with E-state index < -0.39 is 0 Å². The molecule has 2 aromatic carbocycles. The van der Waals surface area contributed by atoms with Gasteiger partial charge < -0.3 is 52.2 Å². The minimum absolute atomic E-state index is 0. The summed E-state index contributed by atoms with van der Waals surface area (Å²) in [5.74, 6) is 15.2. The Morgan fingerprint density at radius 3 is 1.62 bits per heavy atom. The standard InChI is InChI=1S/C27H34N4O3.C18H25BO2.C16H22IN3O3.C2H6.CH4/c1-3-4-5-6-9-21-11-13-22(14-12-21)25-18-23(30-34-25)24(19-28)31-16-15-29-27(31)20(2)33-26-10-7-8-17-32-26;1-6-7-8-9-10-15-11-13-16(14-12-15)19-20-17(2,3)18(4,5)21-19;1-3-13(12-10-14(17)23-19-12)20-8-7-18-16(20)11(2)22-15-6-4-5-9-21-15;1-2;/h11-16,18,20,24,26H,3-5,7-8,10,17,19,28H2,1-2H3;11-14H,6-8H2,1-5H3;7-8,10-11,13,15H,3-6,9H2,1-2H3;1-2H3;1H4/t20-,24+,26?;;11-,13+,15?;;/m0.0../s1. The second kappa shape index (κ2) is 33.9. The van der Waals surface area contributed by atoms with Crippen LogP contribution >= 0.6 is 22.6 Å². The molecular weight excluding hydrogens is 1130 g/mol. The molecule has 81 heavy (non-hydrogen) atoms. The van der Waals surface area contributed by atoms with Gasteiger partial charge >= 0.3 is 7.12 Å². The number of ether oxygens (including phenoxy) is 4. The third-order valence-electron chi connectivity index (χ3n) is 14.5. The summed E-state index contributed by atoms with van der Waals surface area (Å²) in [6, 6.07) is 20.0. The Kier molecular flexibility index (Phi) is 27.9. The average molecular weight is 1220 g/mol. The van der Waals surface area contributed by atoms with Crippen molar-refractivity contribution in [2.75, 3.05) is 19.8 Å². The fourth-order valence-corrected chi connectivity index (χ4v) is 9.65. The molecule has 4 aromatic heterocycles. The lowest BCUT2D eigenvalue weighted by Crippen LogP contribution is -2.41. The van der Waals surface area contributed by atoms with Crippen LogP contribution in [0.4, 0.5) is 0 Å². The minimum atomic E-state index is -0.295. The van der Waals surface area contributed by atoms with Gasteiger partial charge in [0.25, 0.3) is 0 Å². The van der Waals surface area contributed by atoms with E-state index in [4.69, 9.17) is 43.0 Å². The monoisotopic (exact) mass is 1220 g/mol. The number of imidazole rings is 2. The molecule has 0 saturated carbocycles. The summed E-state index contributed by atoms with van der Waals surface area (Å²) in [6.45, 7) is 24.7. The lowest BCUT2D eigenvalue weighted by molar-refractivity contribution is -0.188. The van der Waals surface area contributed by atoms with Crippen LogP contribution in [0.25, 0.3) is 11.3 Å². The predicted octanol–water partition coefficient (Wildman–Crippen LogP) is 14.5. The third kappa shape index (κ3) is 19.2. The molecule has 2 unspecified atom stereocenters. The largest absolute Gasteiger partial charge is 0.494 e. The van der Waals surface area contributed by atoms with Crippen molar-refractivity contribution < 1.29 is 37.3 Å². The van der Waals surface area contributed by atoms with E-state index in [-0.39, 0.29) is 62.6 Å². The van der Waals surface area contributed by atoms with Crippen LogP contribution in [-0.4, -0.2) is 80.1 Å². The number of benzene rings is 2. The first kappa shape index (κ1) is 66.7. The summed E-state index contributed by atoms with van der Waals surface area (Å²) < 4.78 is 51.5. The molecule has 15 nitrogen and oxygen atoms in total. The van der Waals surface area contributed by atoms with Gasteiger partial charge in [0.05, 0.1) is 23.3 Å². The van der Waals surface area contributed by atoms with Crippen LogP contribution in [-0.2, 0) is 28.3 Å². The van der Waals surface area contributed by atoms with E-state index >= 15 is 0 Å². The summed E-state index contributed by atoms with van der Waals surface area (Å²) in [5, 5.41) is 8.49. The van der Waals surface area contributed by atoms with Crippen molar-refractivity contribution in [1.82, 2.24) is 29.4 Å². The maximum absolute atomic E-state index is 6.17. The average Bonchev–Trinajstić information content (AvgIpc) is 4.42. The second-order valence-electron chi connectivity index (χ2n) is 21.0. The summed E-state index contributed by atoms with van der Waals surface area (Å²) in [7, 11) is -0.294. The molecule has 3 aliphatic heterocycles. The van der Waals surface area contributed by atoms with Crippen LogP contribution in [0.1, 0.15) is 226 Å². The van der Waals surface area contributed by atoms with E-state index in [2.05, 4.69) is 120 Å². The van der Waals surface area contributed by atoms with E-state index in [1.165, 1.54) is 12.8 Å². The van der Waals surface area contributed by atoms with Crippen molar-refractivity contribution in [3.8, 4) is 35.0 Å². The van der Waals surface area contributed by atoms with Crippen molar-refractivity contribution >= 4 is 35.2 Å². The van der Waals surface area contributed by atoms with Gasteiger partial charge in [-0.15, -0.1) is 0 Å². The SMILES string of the molecule is C.CC.CCCCC#Cc1ccc(-c2cc([C@@H](CN)n3ccnc3[C@H](C)OC3CCCCO3)no2)cc1.CCCCC#Cc1ccc(B2OC(C)(C)C(C)(C)O2)cc1.CC[C@H](c1cc(I)on1)n1ccnc1[C@H](C)OC1CCCCO1. The van der Waals surface area contributed by atoms with Gasteiger partial charge in [-0.3, -0.25) is 0 Å². The highest BCUT2D eigenvalue weighted by atomic mass is 127. The summed E-state index contributed by atoms with van der Waals surface area (Å²) >= 11 is 2.13. The lowest BCUT2D eigenvalue weighted by atomic mass is 9.79. The first-order valence-corrected chi connectivity index (χ1v) is 30.2. The first-order chi connectivity index (χ1) is 38.7. The number of nitrogens with zero attached hydrogens (tertiary/aromatic N) is 6. The molecule has 17 heteroatoms. The van der Waals surface area contributed by atoms with Gasteiger partial charge in [0, 0.05) is 109 Å². The van der Waals surface area contributed by atoms with Gasteiger partial charge in [-0.2, -0.15) is 0 Å². The molecule has 3 aliphatic rings. The van der Waals surface area contributed by atoms with Crippen LogP contribution < -0.4 is 11.2 Å². The molecule has 0 amide bonds. The zero-order valence-corrected chi connectivity index (χ0v) is 51.5. The Morgan fingerprint density at radius 1 is 0.691 bits per heavy atom. The first-order valence-electron chi connectivity index (χ1n) is 29.2. The van der Waals surface area contributed by atoms with Crippen LogP contribution in [0.3, 0.4) is 0 Å². The molecule has 6 atom stereocenters. The zero-order valence-electron chi connectivity index (χ0n) is 49.3. The van der Waals surface area contributed by atoms with Crippen molar-refractivity contribution in [3.05, 3.63) is 123 Å². The lowest BCUT2D eigenvalue weighted by Gasteiger charge is -2.32. The van der Waals surface area contributed by atoms with Crippen molar-refractivity contribution in [3.63, 3.8) is 0 Å². The predicted molar refractivity (Wildman–Crippen MR) is 330 cm³/mol. The van der Waals surface area contributed by atoms with Crippen LogP contribution in [0.15, 0.2) is 94.5 Å². The van der Waals surface area contributed by atoms with Crippen molar-refractivity contribution in [2.24, 2.45) is 5.73 Å². The molecule has 6 aromatic rings. The normalized spacial score (nSPS) is 18.5. The Bertz CT molecular complexity index is 2830. The number of aromatic nitrogens is 6. The molecule has 0 aliphatic carbocycles. The second-order valence-corrected chi connectivity index (χ2v) is 22.0. The molecule has 0 radical (unpaired) electrons. The Hall–Kier alpha value is -5.09. The highest BCUT2D eigenvalue weighted by Crippen LogP contribution is 2.37. The summed E-state index contributed by atoms with van der Waals surface area (Å²) in [4.78, 5) is 9.05. The highest BCUT2D eigenvalue weighted by molar-refractivity contribution is 14.1.